The zero-order chi connectivity index (χ0) is 15.4. The van der Waals surface area contributed by atoms with Gasteiger partial charge in [0.15, 0.2) is 0 Å². The highest BCUT2D eigenvalue weighted by Gasteiger charge is 2.16. The van der Waals surface area contributed by atoms with Gasteiger partial charge in [0.2, 0.25) is 0 Å². The standard InChI is InChI=1S/C15H14Cl2N2O2/c1-9-4-2-3-5-10(9)12(20)8-18-15(21)14-11(16)6-7-13(17)19-14/h2-7,12,20H,8H2,1H3,(H,18,21). The van der Waals surface area contributed by atoms with Gasteiger partial charge in [-0.15, -0.1) is 0 Å². The maximum absolute atomic E-state index is 12.0. The van der Waals surface area contributed by atoms with Crippen molar-refractivity contribution in [3.63, 3.8) is 0 Å². The summed E-state index contributed by atoms with van der Waals surface area (Å²) in [6, 6.07) is 10.4. The Labute approximate surface area is 132 Å². The molecular formula is C15H14Cl2N2O2. The van der Waals surface area contributed by atoms with Gasteiger partial charge in [0.1, 0.15) is 10.8 Å². The Hall–Kier alpha value is -1.62. The summed E-state index contributed by atoms with van der Waals surface area (Å²) in [5.74, 6) is -0.477. The number of aryl methyl sites for hydroxylation is 1. The number of amides is 1. The van der Waals surface area contributed by atoms with Crippen LogP contribution in [0.2, 0.25) is 10.2 Å². The maximum atomic E-state index is 12.0. The lowest BCUT2D eigenvalue weighted by Gasteiger charge is -2.14. The number of nitrogens with one attached hydrogen (secondary N) is 1. The van der Waals surface area contributed by atoms with Crippen LogP contribution in [-0.4, -0.2) is 22.5 Å². The first-order chi connectivity index (χ1) is 9.99. The molecule has 1 atom stereocenters. The van der Waals surface area contributed by atoms with Gasteiger partial charge in [-0.1, -0.05) is 47.5 Å². The van der Waals surface area contributed by atoms with E-state index in [9.17, 15) is 9.90 Å². The molecule has 1 unspecified atom stereocenters. The van der Waals surface area contributed by atoms with Crippen LogP contribution in [0.1, 0.15) is 27.7 Å². The van der Waals surface area contributed by atoms with Gasteiger partial charge in [0, 0.05) is 6.54 Å². The van der Waals surface area contributed by atoms with Crippen LogP contribution in [0.25, 0.3) is 0 Å². The maximum Gasteiger partial charge on any atom is 0.271 e. The zero-order valence-corrected chi connectivity index (χ0v) is 12.8. The van der Waals surface area contributed by atoms with E-state index in [1.54, 1.807) is 0 Å². The van der Waals surface area contributed by atoms with E-state index in [-0.39, 0.29) is 22.4 Å². The highest BCUT2D eigenvalue weighted by molar-refractivity contribution is 6.34. The van der Waals surface area contributed by atoms with Crippen LogP contribution in [0.15, 0.2) is 36.4 Å². The molecule has 0 fully saturated rings. The molecule has 0 radical (unpaired) electrons. The first-order valence-corrected chi connectivity index (χ1v) is 7.08. The molecule has 1 heterocycles. The Morgan fingerprint density at radius 2 is 2.00 bits per heavy atom. The second kappa shape index (κ2) is 6.89. The van der Waals surface area contributed by atoms with Gasteiger partial charge < -0.3 is 10.4 Å². The Balaban J connectivity index is 2.04. The number of carbonyl (C=O) groups is 1. The van der Waals surface area contributed by atoms with Crippen LogP contribution in [0.5, 0.6) is 0 Å². The van der Waals surface area contributed by atoms with E-state index in [1.165, 1.54) is 12.1 Å². The Kier molecular flexibility index (Phi) is 5.17. The van der Waals surface area contributed by atoms with E-state index in [1.807, 2.05) is 31.2 Å². The van der Waals surface area contributed by atoms with E-state index in [0.717, 1.165) is 11.1 Å². The van der Waals surface area contributed by atoms with Crippen LogP contribution in [0, 0.1) is 6.92 Å². The smallest absolute Gasteiger partial charge is 0.271 e. The van der Waals surface area contributed by atoms with Crippen LogP contribution < -0.4 is 5.32 Å². The molecule has 0 bridgehead atoms. The normalized spacial score (nSPS) is 12.0. The second-order valence-corrected chi connectivity index (χ2v) is 5.34. The number of halogens is 2. The first-order valence-electron chi connectivity index (χ1n) is 6.33. The van der Waals surface area contributed by atoms with Crippen molar-refractivity contribution in [2.75, 3.05) is 6.54 Å². The quantitative estimate of drug-likeness (QED) is 0.849. The Bertz CT molecular complexity index is 662. The van der Waals surface area contributed by atoms with Gasteiger partial charge in [-0.2, -0.15) is 0 Å². The Morgan fingerprint density at radius 1 is 1.29 bits per heavy atom. The number of pyridine rings is 1. The monoisotopic (exact) mass is 324 g/mol. The molecule has 2 aromatic rings. The highest BCUT2D eigenvalue weighted by Crippen LogP contribution is 2.18. The molecule has 0 saturated heterocycles. The van der Waals surface area contributed by atoms with Gasteiger partial charge in [0.05, 0.1) is 11.1 Å². The molecule has 2 rings (SSSR count). The van der Waals surface area contributed by atoms with Gasteiger partial charge >= 0.3 is 0 Å². The molecule has 0 aliphatic rings. The van der Waals surface area contributed by atoms with Crippen LogP contribution in [0.4, 0.5) is 0 Å². The van der Waals surface area contributed by atoms with Gasteiger partial charge in [-0.05, 0) is 30.2 Å². The lowest BCUT2D eigenvalue weighted by molar-refractivity contribution is 0.0911. The summed E-state index contributed by atoms with van der Waals surface area (Å²) in [4.78, 5) is 15.9. The third-order valence-electron chi connectivity index (χ3n) is 3.03. The third-order valence-corrected chi connectivity index (χ3v) is 3.55. The van der Waals surface area contributed by atoms with Crippen molar-refractivity contribution >= 4 is 29.1 Å². The molecule has 0 aliphatic carbocycles. The SMILES string of the molecule is Cc1ccccc1C(O)CNC(=O)c1nc(Cl)ccc1Cl. The number of benzene rings is 1. The Morgan fingerprint density at radius 3 is 2.71 bits per heavy atom. The molecule has 6 heteroatoms. The van der Waals surface area contributed by atoms with Crippen molar-refractivity contribution in [1.29, 1.82) is 0 Å². The number of hydrogen-bond donors (Lipinski definition) is 2. The van der Waals surface area contributed by atoms with Crippen LogP contribution in [0.3, 0.4) is 0 Å². The number of carbonyl (C=O) groups excluding carboxylic acids is 1. The molecule has 0 saturated carbocycles. The minimum atomic E-state index is -0.798. The van der Waals surface area contributed by atoms with E-state index in [2.05, 4.69) is 10.3 Å². The molecular weight excluding hydrogens is 311 g/mol. The fourth-order valence-electron chi connectivity index (χ4n) is 1.92. The van der Waals surface area contributed by atoms with E-state index in [4.69, 9.17) is 23.2 Å². The molecule has 1 aromatic heterocycles. The minimum absolute atomic E-state index is 0.0427. The molecule has 1 amide bonds. The van der Waals surface area contributed by atoms with E-state index in [0.29, 0.717) is 0 Å². The van der Waals surface area contributed by atoms with Crippen molar-refractivity contribution in [1.82, 2.24) is 10.3 Å². The summed E-state index contributed by atoms with van der Waals surface area (Å²) in [5.41, 5.74) is 1.77. The van der Waals surface area contributed by atoms with E-state index < -0.39 is 12.0 Å². The lowest BCUT2D eigenvalue weighted by atomic mass is 10.0. The third kappa shape index (κ3) is 3.94. The average Bonchev–Trinajstić information content (AvgIpc) is 2.47. The predicted octanol–water partition coefficient (Wildman–Crippen LogP) is 3.16. The van der Waals surface area contributed by atoms with Gasteiger partial charge in [0.25, 0.3) is 5.91 Å². The number of aromatic nitrogens is 1. The highest BCUT2D eigenvalue weighted by atomic mass is 35.5. The van der Waals surface area contributed by atoms with E-state index >= 15 is 0 Å². The largest absolute Gasteiger partial charge is 0.387 e. The number of nitrogens with zero attached hydrogens (tertiary/aromatic N) is 1. The van der Waals surface area contributed by atoms with Crippen molar-refractivity contribution in [2.45, 2.75) is 13.0 Å². The topological polar surface area (TPSA) is 62.2 Å². The van der Waals surface area contributed by atoms with Gasteiger partial charge in [-0.25, -0.2) is 4.98 Å². The molecule has 1 aromatic carbocycles. The number of aliphatic hydroxyl groups excluding tert-OH is 1. The molecule has 4 nitrogen and oxygen atoms in total. The molecule has 21 heavy (non-hydrogen) atoms. The van der Waals surface area contributed by atoms with Crippen molar-refractivity contribution < 1.29 is 9.90 Å². The number of rotatable bonds is 4. The molecule has 110 valence electrons. The first kappa shape index (κ1) is 15.8. The molecule has 0 spiro atoms. The van der Waals surface area contributed by atoms with Gasteiger partial charge in [-0.3, -0.25) is 4.79 Å². The summed E-state index contributed by atoms with van der Waals surface area (Å²) in [6.45, 7) is 1.96. The molecule has 0 aliphatic heterocycles. The lowest BCUT2D eigenvalue weighted by Crippen LogP contribution is -2.29. The summed E-state index contributed by atoms with van der Waals surface area (Å²) in [7, 11) is 0. The fraction of sp³-hybridized carbons (Fsp3) is 0.200. The summed E-state index contributed by atoms with van der Waals surface area (Å²) in [5, 5.41) is 13.1. The zero-order valence-electron chi connectivity index (χ0n) is 11.3. The molecule has 2 N–H and O–H groups in total. The summed E-state index contributed by atoms with van der Waals surface area (Å²) < 4.78 is 0. The fourth-order valence-corrected chi connectivity index (χ4v) is 2.26. The minimum Gasteiger partial charge on any atom is -0.387 e. The number of hydrogen-bond acceptors (Lipinski definition) is 3. The predicted molar refractivity (Wildman–Crippen MR) is 82.7 cm³/mol. The number of aliphatic hydroxyl groups is 1. The van der Waals surface area contributed by atoms with Crippen LogP contribution >= 0.6 is 23.2 Å². The van der Waals surface area contributed by atoms with Crippen molar-refractivity contribution in [3.8, 4) is 0 Å². The summed E-state index contributed by atoms with van der Waals surface area (Å²) in [6.07, 6.45) is -0.798. The second-order valence-electron chi connectivity index (χ2n) is 4.55. The van der Waals surface area contributed by atoms with Crippen molar-refractivity contribution in [2.24, 2.45) is 0 Å². The van der Waals surface area contributed by atoms with Crippen LogP contribution in [-0.2, 0) is 0 Å². The summed E-state index contributed by atoms with van der Waals surface area (Å²) >= 11 is 11.6. The average molecular weight is 325 g/mol. The van der Waals surface area contributed by atoms with Crippen molar-refractivity contribution in [3.05, 3.63) is 63.4 Å².